The highest BCUT2D eigenvalue weighted by Gasteiger charge is 2.28. The van der Waals surface area contributed by atoms with E-state index in [1.165, 1.54) is 51.7 Å². The van der Waals surface area contributed by atoms with Gasteiger partial charge in [-0.25, -0.2) is 0 Å². The predicted molar refractivity (Wildman–Crippen MR) is 71.9 cm³/mol. The van der Waals surface area contributed by atoms with Crippen molar-refractivity contribution in [3.8, 4) is 0 Å². The van der Waals surface area contributed by atoms with Gasteiger partial charge in [-0.2, -0.15) is 0 Å². The summed E-state index contributed by atoms with van der Waals surface area (Å²) in [5, 5.41) is 3.69. The van der Waals surface area contributed by atoms with E-state index in [-0.39, 0.29) is 0 Å². The van der Waals surface area contributed by atoms with Gasteiger partial charge in [0.15, 0.2) is 0 Å². The smallest absolute Gasteiger partial charge is 0.0195 e. The van der Waals surface area contributed by atoms with Crippen LogP contribution in [0.4, 0.5) is 0 Å². The maximum atomic E-state index is 3.69. The van der Waals surface area contributed by atoms with E-state index in [2.05, 4.69) is 37.9 Å². The average Bonchev–Trinajstić information content (AvgIpc) is 2.44. The molecule has 1 aliphatic heterocycles. The number of hydrogen-bond acceptors (Lipinski definition) is 2. The zero-order valence-electron chi connectivity index (χ0n) is 11.7. The van der Waals surface area contributed by atoms with Gasteiger partial charge in [-0.1, -0.05) is 26.7 Å². The van der Waals surface area contributed by atoms with Crippen molar-refractivity contribution in [1.82, 2.24) is 10.2 Å². The van der Waals surface area contributed by atoms with Crippen LogP contribution < -0.4 is 5.32 Å². The van der Waals surface area contributed by atoms with Crippen molar-refractivity contribution >= 4 is 0 Å². The van der Waals surface area contributed by atoms with E-state index in [1.807, 2.05) is 0 Å². The minimum absolute atomic E-state index is 0.382. The van der Waals surface area contributed by atoms with Crippen LogP contribution in [0.3, 0.4) is 0 Å². The van der Waals surface area contributed by atoms with Crippen LogP contribution in [-0.4, -0.2) is 36.1 Å². The molecule has 0 aromatic carbocycles. The first-order valence-corrected chi connectivity index (χ1v) is 7.08. The Morgan fingerprint density at radius 3 is 2.62 bits per heavy atom. The lowest BCUT2D eigenvalue weighted by atomic mass is 9.95. The highest BCUT2D eigenvalue weighted by Crippen LogP contribution is 2.22. The summed E-state index contributed by atoms with van der Waals surface area (Å²) in [7, 11) is 0. The Kier molecular flexibility index (Phi) is 5.77. The van der Waals surface area contributed by atoms with Crippen LogP contribution in [-0.2, 0) is 0 Å². The summed E-state index contributed by atoms with van der Waals surface area (Å²) < 4.78 is 0. The van der Waals surface area contributed by atoms with E-state index >= 15 is 0 Å². The number of rotatable bonds is 5. The maximum absolute atomic E-state index is 3.69. The zero-order valence-corrected chi connectivity index (χ0v) is 11.7. The minimum Gasteiger partial charge on any atom is -0.313 e. The lowest BCUT2D eigenvalue weighted by Crippen LogP contribution is -2.48. The average molecular weight is 226 g/mol. The first-order valence-electron chi connectivity index (χ1n) is 7.08. The van der Waals surface area contributed by atoms with Gasteiger partial charge in [-0.3, -0.25) is 4.90 Å². The molecule has 16 heavy (non-hydrogen) atoms. The second kappa shape index (κ2) is 6.61. The molecule has 0 saturated carbocycles. The molecule has 1 fully saturated rings. The van der Waals surface area contributed by atoms with Crippen molar-refractivity contribution in [3.63, 3.8) is 0 Å². The van der Waals surface area contributed by atoms with Crippen molar-refractivity contribution in [2.45, 2.75) is 71.4 Å². The largest absolute Gasteiger partial charge is 0.313 e. The van der Waals surface area contributed by atoms with Crippen molar-refractivity contribution in [2.75, 3.05) is 19.6 Å². The van der Waals surface area contributed by atoms with E-state index in [4.69, 9.17) is 0 Å². The summed E-state index contributed by atoms with van der Waals surface area (Å²) >= 11 is 0. The Balaban J connectivity index is 2.56. The predicted octanol–water partition coefficient (Wildman–Crippen LogP) is 3.03. The van der Waals surface area contributed by atoms with Crippen molar-refractivity contribution in [2.24, 2.45) is 0 Å². The summed E-state index contributed by atoms with van der Waals surface area (Å²) in [6.07, 6.45) is 6.51. The number of hydrogen-bond donors (Lipinski definition) is 1. The molecule has 0 aliphatic carbocycles. The van der Waals surface area contributed by atoms with Gasteiger partial charge in [0.25, 0.3) is 0 Å². The summed E-state index contributed by atoms with van der Waals surface area (Å²) in [4.78, 5) is 2.71. The summed E-state index contributed by atoms with van der Waals surface area (Å²) in [5.41, 5.74) is 0.382. The SMILES string of the molecule is CCCC1CN(C(C)(C)CCC)CCCN1. The molecule has 1 rings (SSSR count). The third kappa shape index (κ3) is 4.06. The molecule has 1 unspecified atom stereocenters. The highest BCUT2D eigenvalue weighted by atomic mass is 15.2. The molecular formula is C14H30N2. The Bertz CT molecular complexity index is 189. The molecule has 0 radical (unpaired) electrons. The van der Waals surface area contributed by atoms with E-state index < -0.39 is 0 Å². The van der Waals surface area contributed by atoms with Crippen LogP contribution in [0.5, 0.6) is 0 Å². The van der Waals surface area contributed by atoms with Gasteiger partial charge in [0, 0.05) is 18.1 Å². The molecule has 0 bridgehead atoms. The van der Waals surface area contributed by atoms with Crippen LogP contribution in [0.2, 0.25) is 0 Å². The van der Waals surface area contributed by atoms with E-state index in [9.17, 15) is 0 Å². The topological polar surface area (TPSA) is 15.3 Å². The van der Waals surface area contributed by atoms with Gasteiger partial charge < -0.3 is 5.32 Å². The quantitative estimate of drug-likeness (QED) is 0.775. The molecule has 1 N–H and O–H groups in total. The lowest BCUT2D eigenvalue weighted by Gasteiger charge is -2.39. The zero-order chi connectivity index (χ0) is 12.0. The molecule has 1 heterocycles. The molecule has 1 saturated heterocycles. The van der Waals surface area contributed by atoms with Gasteiger partial charge in [0.1, 0.15) is 0 Å². The summed E-state index contributed by atoms with van der Waals surface area (Å²) in [5.74, 6) is 0. The minimum atomic E-state index is 0.382. The van der Waals surface area contributed by atoms with Crippen LogP contribution in [0.25, 0.3) is 0 Å². The Morgan fingerprint density at radius 2 is 2.00 bits per heavy atom. The third-order valence-electron chi connectivity index (χ3n) is 3.83. The summed E-state index contributed by atoms with van der Waals surface area (Å²) in [6.45, 7) is 13.1. The monoisotopic (exact) mass is 226 g/mol. The Morgan fingerprint density at radius 1 is 1.25 bits per heavy atom. The third-order valence-corrected chi connectivity index (χ3v) is 3.83. The first-order chi connectivity index (χ1) is 7.60. The normalized spacial score (nSPS) is 24.4. The molecule has 0 aromatic rings. The van der Waals surface area contributed by atoms with Gasteiger partial charge in [0.05, 0.1) is 0 Å². The van der Waals surface area contributed by atoms with Crippen LogP contribution in [0, 0.1) is 0 Å². The molecule has 1 aliphatic rings. The van der Waals surface area contributed by atoms with Crippen LogP contribution in [0.1, 0.15) is 59.8 Å². The van der Waals surface area contributed by atoms with E-state index in [0.717, 1.165) is 0 Å². The maximum Gasteiger partial charge on any atom is 0.0195 e. The molecule has 2 nitrogen and oxygen atoms in total. The lowest BCUT2D eigenvalue weighted by molar-refractivity contribution is 0.107. The van der Waals surface area contributed by atoms with Gasteiger partial charge in [-0.05, 0) is 46.2 Å². The first kappa shape index (κ1) is 14.0. The fourth-order valence-corrected chi connectivity index (χ4v) is 2.86. The van der Waals surface area contributed by atoms with Crippen LogP contribution >= 0.6 is 0 Å². The molecule has 0 spiro atoms. The second-order valence-corrected chi connectivity index (χ2v) is 5.80. The van der Waals surface area contributed by atoms with E-state index in [0.29, 0.717) is 11.6 Å². The fraction of sp³-hybridized carbons (Fsp3) is 1.00. The standard InChI is InChI=1S/C14H30N2/c1-5-8-13-12-16(11-7-10-15-13)14(3,4)9-6-2/h13,15H,5-12H2,1-4H3. The molecule has 1 atom stereocenters. The summed E-state index contributed by atoms with van der Waals surface area (Å²) in [6, 6.07) is 0.712. The van der Waals surface area contributed by atoms with Gasteiger partial charge in [-0.15, -0.1) is 0 Å². The van der Waals surface area contributed by atoms with Crippen molar-refractivity contribution in [1.29, 1.82) is 0 Å². The van der Waals surface area contributed by atoms with E-state index in [1.54, 1.807) is 0 Å². The van der Waals surface area contributed by atoms with Crippen LogP contribution in [0.15, 0.2) is 0 Å². The molecular weight excluding hydrogens is 196 g/mol. The Labute approximate surface area is 102 Å². The van der Waals surface area contributed by atoms with Gasteiger partial charge in [0.2, 0.25) is 0 Å². The van der Waals surface area contributed by atoms with Crippen molar-refractivity contribution < 1.29 is 0 Å². The molecule has 96 valence electrons. The molecule has 0 amide bonds. The van der Waals surface area contributed by atoms with Gasteiger partial charge >= 0.3 is 0 Å². The number of nitrogens with one attached hydrogen (secondary N) is 1. The second-order valence-electron chi connectivity index (χ2n) is 5.80. The molecule has 2 heteroatoms. The number of nitrogens with zero attached hydrogens (tertiary/aromatic N) is 1. The van der Waals surface area contributed by atoms with Crippen molar-refractivity contribution in [3.05, 3.63) is 0 Å². The Hall–Kier alpha value is -0.0800. The fourth-order valence-electron chi connectivity index (χ4n) is 2.86. The molecule has 0 aromatic heterocycles. The highest BCUT2D eigenvalue weighted by molar-refractivity contribution is 4.86.